The normalized spacial score (nSPS) is 16.8. The summed E-state index contributed by atoms with van der Waals surface area (Å²) >= 11 is 1.12. The van der Waals surface area contributed by atoms with E-state index in [0.29, 0.717) is 10.6 Å². The van der Waals surface area contributed by atoms with Gasteiger partial charge in [0.25, 0.3) is 11.5 Å². The molecule has 2 heterocycles. The van der Waals surface area contributed by atoms with Crippen molar-refractivity contribution >= 4 is 22.4 Å². The monoisotopic (exact) mass is 305 g/mol. The number of carbonyl (C=O) groups is 1. The summed E-state index contributed by atoms with van der Waals surface area (Å²) in [6.45, 7) is 1.99. The average molecular weight is 305 g/mol. The molecule has 6 nitrogen and oxygen atoms in total. The molecule has 0 bridgehead atoms. The molecule has 1 aliphatic carbocycles. The third kappa shape index (κ3) is 2.13. The predicted octanol–water partition coefficient (Wildman–Crippen LogP) is 1.85. The fraction of sp³-hybridized carbons (Fsp3) is 0.357. The third-order valence-electron chi connectivity index (χ3n) is 3.93. The van der Waals surface area contributed by atoms with Crippen LogP contribution in [0.1, 0.15) is 40.9 Å². The lowest BCUT2D eigenvalue weighted by Gasteiger charge is -2.14. The van der Waals surface area contributed by atoms with Gasteiger partial charge in [-0.15, -0.1) is 0 Å². The first-order chi connectivity index (χ1) is 10.0. The van der Waals surface area contributed by atoms with Crippen LogP contribution < -0.4 is 10.9 Å². The topological polar surface area (TPSA) is 84.2 Å². The van der Waals surface area contributed by atoms with E-state index in [0.717, 1.165) is 30.1 Å². The van der Waals surface area contributed by atoms with Crippen LogP contribution in [-0.2, 0) is 13.5 Å². The summed E-state index contributed by atoms with van der Waals surface area (Å²) in [4.78, 5) is 24.7. The van der Waals surface area contributed by atoms with Crippen molar-refractivity contribution in [1.82, 2.24) is 8.94 Å². The van der Waals surface area contributed by atoms with Crippen LogP contribution in [0.2, 0.25) is 0 Å². The zero-order valence-electron chi connectivity index (χ0n) is 11.7. The second kappa shape index (κ2) is 5.00. The summed E-state index contributed by atoms with van der Waals surface area (Å²) in [5, 5.41) is 13.5. The van der Waals surface area contributed by atoms with Crippen molar-refractivity contribution < 1.29 is 9.90 Å². The quantitative estimate of drug-likeness (QED) is 0.887. The number of hydrogen-bond donors (Lipinski definition) is 2. The summed E-state index contributed by atoms with van der Waals surface area (Å²) < 4.78 is 5.35. The van der Waals surface area contributed by atoms with E-state index in [1.54, 1.807) is 19.3 Å². The Kier molecular flexibility index (Phi) is 3.29. The van der Waals surface area contributed by atoms with Crippen LogP contribution >= 0.6 is 11.5 Å². The van der Waals surface area contributed by atoms with E-state index in [4.69, 9.17) is 0 Å². The minimum absolute atomic E-state index is 0.141. The van der Waals surface area contributed by atoms with Gasteiger partial charge in [-0.05, 0) is 36.4 Å². The highest BCUT2D eigenvalue weighted by molar-refractivity contribution is 7.10. The maximum Gasteiger partial charge on any atom is 0.267 e. The smallest absolute Gasteiger partial charge is 0.267 e. The third-order valence-corrected chi connectivity index (χ3v) is 4.60. The van der Waals surface area contributed by atoms with Gasteiger partial charge in [-0.1, -0.05) is 6.92 Å². The summed E-state index contributed by atoms with van der Waals surface area (Å²) in [5.74, 6) is -0.638. The van der Waals surface area contributed by atoms with Crippen LogP contribution in [0.5, 0.6) is 5.75 Å². The molecule has 2 aromatic rings. The lowest BCUT2D eigenvalue weighted by molar-refractivity contribution is 0.102. The zero-order chi connectivity index (χ0) is 15.1. The van der Waals surface area contributed by atoms with Gasteiger partial charge in [0.2, 0.25) is 0 Å². The lowest BCUT2D eigenvalue weighted by Crippen LogP contribution is -2.30. The van der Waals surface area contributed by atoms with Gasteiger partial charge in [-0.25, -0.2) is 0 Å². The predicted molar refractivity (Wildman–Crippen MR) is 80.2 cm³/mol. The summed E-state index contributed by atoms with van der Waals surface area (Å²) in [7, 11) is 1.64. The molecular weight excluding hydrogens is 290 g/mol. The van der Waals surface area contributed by atoms with Gasteiger partial charge in [-0.3, -0.25) is 9.59 Å². The second-order valence-electron chi connectivity index (χ2n) is 5.22. The molecule has 0 spiro atoms. The minimum Gasteiger partial charge on any atom is -0.507 e. The van der Waals surface area contributed by atoms with Gasteiger partial charge in [0.1, 0.15) is 16.3 Å². The van der Waals surface area contributed by atoms with Crippen LogP contribution in [0.25, 0.3) is 0 Å². The number of fused-ring (bicyclic) bond motifs is 1. The number of aromatic nitrogens is 2. The first-order valence-electron chi connectivity index (χ1n) is 6.67. The number of anilines is 1. The number of amides is 1. The van der Waals surface area contributed by atoms with Crippen molar-refractivity contribution in [1.29, 1.82) is 0 Å². The molecule has 0 aromatic carbocycles. The Labute approximate surface area is 125 Å². The van der Waals surface area contributed by atoms with Gasteiger partial charge in [0.15, 0.2) is 0 Å². The van der Waals surface area contributed by atoms with Crippen molar-refractivity contribution in [2.75, 3.05) is 5.32 Å². The minimum atomic E-state index is -0.598. The van der Waals surface area contributed by atoms with Crippen LogP contribution in [0.15, 0.2) is 17.1 Å². The maximum atomic E-state index is 12.4. The Morgan fingerprint density at radius 1 is 1.57 bits per heavy atom. The average Bonchev–Trinajstić information content (AvgIpc) is 3.06. The Bertz CT molecular complexity index is 765. The highest BCUT2D eigenvalue weighted by Crippen LogP contribution is 2.39. The Hall–Kier alpha value is -2.15. The molecule has 110 valence electrons. The zero-order valence-corrected chi connectivity index (χ0v) is 12.5. The number of rotatable bonds is 2. The molecule has 1 amide bonds. The van der Waals surface area contributed by atoms with Crippen LogP contribution in [0, 0.1) is 0 Å². The maximum absolute atomic E-state index is 12.4. The number of pyridine rings is 1. The van der Waals surface area contributed by atoms with Gasteiger partial charge < -0.3 is 15.0 Å². The van der Waals surface area contributed by atoms with E-state index in [1.807, 2.05) is 6.92 Å². The van der Waals surface area contributed by atoms with E-state index in [1.165, 1.54) is 4.57 Å². The molecule has 3 rings (SSSR count). The molecule has 1 atom stereocenters. The van der Waals surface area contributed by atoms with Crippen LogP contribution in [0.3, 0.4) is 0 Å². The molecule has 7 heteroatoms. The van der Waals surface area contributed by atoms with E-state index >= 15 is 0 Å². The lowest BCUT2D eigenvalue weighted by atomic mass is 10.0. The van der Waals surface area contributed by atoms with E-state index in [9.17, 15) is 14.7 Å². The largest absolute Gasteiger partial charge is 0.507 e. The fourth-order valence-electron chi connectivity index (χ4n) is 2.82. The first-order valence-corrected chi connectivity index (χ1v) is 7.44. The SMILES string of the molecule is C[C@@H]1CCc2c1c(O)c(C(=O)Nc1ccns1)c(=O)n2C. The second-order valence-corrected chi connectivity index (χ2v) is 6.05. The highest BCUT2D eigenvalue weighted by Gasteiger charge is 2.31. The van der Waals surface area contributed by atoms with Crippen LogP contribution in [0.4, 0.5) is 5.00 Å². The molecule has 0 unspecified atom stereocenters. The van der Waals surface area contributed by atoms with Gasteiger partial charge in [0, 0.05) is 24.5 Å². The van der Waals surface area contributed by atoms with Gasteiger partial charge >= 0.3 is 0 Å². The number of nitrogens with zero attached hydrogens (tertiary/aromatic N) is 2. The van der Waals surface area contributed by atoms with Crippen molar-refractivity contribution in [2.24, 2.45) is 7.05 Å². The number of hydrogen-bond acceptors (Lipinski definition) is 5. The molecule has 1 aliphatic rings. The Morgan fingerprint density at radius 2 is 2.33 bits per heavy atom. The van der Waals surface area contributed by atoms with Crippen molar-refractivity contribution in [3.63, 3.8) is 0 Å². The van der Waals surface area contributed by atoms with Crippen molar-refractivity contribution in [2.45, 2.75) is 25.7 Å². The fourth-order valence-corrected chi connectivity index (χ4v) is 3.32. The number of nitrogens with one attached hydrogen (secondary N) is 1. The number of aromatic hydroxyl groups is 1. The molecule has 0 saturated carbocycles. The molecule has 0 fully saturated rings. The van der Waals surface area contributed by atoms with Crippen LogP contribution in [-0.4, -0.2) is 20.0 Å². The van der Waals surface area contributed by atoms with Crippen molar-refractivity contribution in [3.8, 4) is 5.75 Å². The number of carbonyl (C=O) groups excluding carboxylic acids is 1. The molecule has 0 radical (unpaired) electrons. The van der Waals surface area contributed by atoms with Crippen molar-refractivity contribution in [3.05, 3.63) is 39.4 Å². The summed E-state index contributed by atoms with van der Waals surface area (Å²) in [5.41, 5.74) is 0.867. The van der Waals surface area contributed by atoms with E-state index in [2.05, 4.69) is 9.69 Å². The summed E-state index contributed by atoms with van der Waals surface area (Å²) in [6, 6.07) is 1.64. The summed E-state index contributed by atoms with van der Waals surface area (Å²) in [6.07, 6.45) is 3.17. The van der Waals surface area contributed by atoms with E-state index in [-0.39, 0.29) is 17.2 Å². The molecule has 21 heavy (non-hydrogen) atoms. The Balaban J connectivity index is 2.11. The molecule has 0 aliphatic heterocycles. The molecule has 2 aromatic heterocycles. The Morgan fingerprint density at radius 3 is 3.00 bits per heavy atom. The molecular formula is C14H15N3O3S. The van der Waals surface area contributed by atoms with E-state index < -0.39 is 11.5 Å². The van der Waals surface area contributed by atoms with Gasteiger partial charge in [-0.2, -0.15) is 4.37 Å². The standard InChI is InChI=1S/C14H15N3O3S/c1-7-3-4-8-10(7)12(18)11(14(20)17(8)2)13(19)16-9-5-6-15-21-9/h5-7,18H,3-4H2,1-2H3,(H,16,19)/t7-/m1/s1. The van der Waals surface area contributed by atoms with Gasteiger partial charge in [0.05, 0.1) is 0 Å². The molecule has 2 N–H and O–H groups in total. The molecule has 0 saturated heterocycles. The highest BCUT2D eigenvalue weighted by atomic mass is 32.1. The first kappa shape index (κ1) is 13.8.